The van der Waals surface area contributed by atoms with Crippen LogP contribution in [0.1, 0.15) is 35.6 Å². The average Bonchev–Trinajstić information content (AvgIpc) is 2.83. The summed E-state index contributed by atoms with van der Waals surface area (Å²) in [6.45, 7) is 7.01. The Morgan fingerprint density at radius 3 is 2.67 bits per heavy atom. The van der Waals surface area contributed by atoms with E-state index in [1.165, 1.54) is 16.5 Å². The highest BCUT2D eigenvalue weighted by Crippen LogP contribution is 2.31. The Labute approximate surface area is 125 Å². The Hall–Kier alpha value is -2.13. The summed E-state index contributed by atoms with van der Waals surface area (Å²) in [5, 5.41) is 5.96. The first-order valence-electron chi connectivity index (χ1n) is 7.33. The van der Waals surface area contributed by atoms with Crippen molar-refractivity contribution in [2.45, 2.75) is 26.8 Å². The molecule has 0 aliphatic carbocycles. The Morgan fingerprint density at radius 1 is 1.14 bits per heavy atom. The molecule has 2 heterocycles. The van der Waals surface area contributed by atoms with Crippen molar-refractivity contribution in [2.75, 3.05) is 6.54 Å². The highest BCUT2D eigenvalue weighted by molar-refractivity contribution is 5.85. The van der Waals surface area contributed by atoms with Crippen LogP contribution in [0.15, 0.2) is 47.1 Å². The second-order valence-corrected chi connectivity index (χ2v) is 5.31. The molecule has 108 valence electrons. The van der Waals surface area contributed by atoms with Crippen LogP contribution in [0.5, 0.6) is 0 Å². The number of aromatic nitrogens is 1. The van der Waals surface area contributed by atoms with Crippen LogP contribution in [0, 0.1) is 13.8 Å². The first-order chi connectivity index (χ1) is 10.2. The van der Waals surface area contributed by atoms with Crippen LogP contribution in [0.3, 0.4) is 0 Å². The zero-order valence-corrected chi connectivity index (χ0v) is 12.7. The van der Waals surface area contributed by atoms with Gasteiger partial charge in [0.15, 0.2) is 0 Å². The normalized spacial score (nSPS) is 12.7. The molecule has 0 aliphatic rings. The third-order valence-corrected chi connectivity index (χ3v) is 3.81. The van der Waals surface area contributed by atoms with Crippen molar-refractivity contribution >= 4 is 10.8 Å². The maximum Gasteiger partial charge on any atom is 0.106 e. The van der Waals surface area contributed by atoms with Crippen LogP contribution in [-0.2, 0) is 0 Å². The third kappa shape index (κ3) is 2.57. The molecule has 21 heavy (non-hydrogen) atoms. The molecule has 1 aromatic carbocycles. The monoisotopic (exact) mass is 280 g/mol. The molecule has 1 N–H and O–H groups in total. The molecule has 0 saturated carbocycles. The fourth-order valence-electron chi connectivity index (χ4n) is 2.90. The van der Waals surface area contributed by atoms with Gasteiger partial charge in [0.05, 0.1) is 6.04 Å². The topological polar surface area (TPSA) is 38.1 Å². The van der Waals surface area contributed by atoms with E-state index in [9.17, 15) is 0 Å². The summed E-state index contributed by atoms with van der Waals surface area (Å²) < 4.78 is 5.71. The number of furan rings is 1. The molecule has 0 aliphatic heterocycles. The molecule has 0 bridgehead atoms. The fourth-order valence-corrected chi connectivity index (χ4v) is 2.90. The summed E-state index contributed by atoms with van der Waals surface area (Å²) >= 11 is 0. The van der Waals surface area contributed by atoms with Crippen molar-refractivity contribution in [2.24, 2.45) is 0 Å². The van der Waals surface area contributed by atoms with E-state index in [-0.39, 0.29) is 6.04 Å². The first kappa shape index (κ1) is 13.8. The summed E-state index contributed by atoms with van der Waals surface area (Å²) in [5.41, 5.74) is 2.38. The molecule has 3 aromatic rings. The summed E-state index contributed by atoms with van der Waals surface area (Å²) in [6.07, 6.45) is 3.87. The van der Waals surface area contributed by atoms with Gasteiger partial charge in [-0.25, -0.2) is 0 Å². The summed E-state index contributed by atoms with van der Waals surface area (Å²) in [4.78, 5) is 4.41. The van der Waals surface area contributed by atoms with Crippen molar-refractivity contribution in [3.05, 3.63) is 65.4 Å². The van der Waals surface area contributed by atoms with Crippen LogP contribution in [0.2, 0.25) is 0 Å². The summed E-state index contributed by atoms with van der Waals surface area (Å²) in [5.74, 6) is 1.91. The maximum absolute atomic E-state index is 5.71. The van der Waals surface area contributed by atoms with E-state index in [0.717, 1.165) is 23.5 Å². The zero-order chi connectivity index (χ0) is 14.8. The molecular formula is C18H20N2O. The number of rotatable bonds is 4. The van der Waals surface area contributed by atoms with Crippen LogP contribution >= 0.6 is 0 Å². The van der Waals surface area contributed by atoms with Crippen molar-refractivity contribution in [1.82, 2.24) is 10.3 Å². The standard InChI is InChI=1S/C18H20N2O/c1-4-20-18(16-9-12(2)21-13(16)3)17-11-19-10-14-7-5-6-8-15(14)17/h5-11,18,20H,4H2,1-3H3. The van der Waals surface area contributed by atoms with Gasteiger partial charge in [0.25, 0.3) is 0 Å². The fraction of sp³-hybridized carbons (Fsp3) is 0.278. The summed E-state index contributed by atoms with van der Waals surface area (Å²) in [6, 6.07) is 10.6. The van der Waals surface area contributed by atoms with Gasteiger partial charge in [-0.2, -0.15) is 0 Å². The summed E-state index contributed by atoms with van der Waals surface area (Å²) in [7, 11) is 0. The van der Waals surface area contributed by atoms with E-state index < -0.39 is 0 Å². The van der Waals surface area contributed by atoms with Gasteiger partial charge >= 0.3 is 0 Å². The molecule has 3 heteroatoms. The highest BCUT2D eigenvalue weighted by atomic mass is 16.3. The Bertz CT molecular complexity index is 756. The van der Waals surface area contributed by atoms with E-state index in [2.05, 4.69) is 41.5 Å². The number of nitrogens with zero attached hydrogens (tertiary/aromatic N) is 1. The van der Waals surface area contributed by atoms with Crippen LogP contribution in [0.25, 0.3) is 10.8 Å². The van der Waals surface area contributed by atoms with Crippen LogP contribution in [-0.4, -0.2) is 11.5 Å². The maximum atomic E-state index is 5.71. The SMILES string of the molecule is CCNC(c1cc(C)oc1C)c1cncc2ccccc12. The van der Waals surface area contributed by atoms with Crippen LogP contribution in [0.4, 0.5) is 0 Å². The minimum absolute atomic E-state index is 0.103. The molecule has 3 nitrogen and oxygen atoms in total. The lowest BCUT2D eigenvalue weighted by Gasteiger charge is -2.19. The molecule has 1 atom stereocenters. The lowest BCUT2D eigenvalue weighted by atomic mass is 9.96. The number of hydrogen-bond donors (Lipinski definition) is 1. The number of benzene rings is 1. The second kappa shape index (κ2) is 5.70. The van der Waals surface area contributed by atoms with E-state index in [4.69, 9.17) is 4.42 Å². The molecule has 0 fully saturated rings. The van der Waals surface area contributed by atoms with Gasteiger partial charge < -0.3 is 9.73 Å². The zero-order valence-electron chi connectivity index (χ0n) is 12.7. The largest absolute Gasteiger partial charge is 0.466 e. The van der Waals surface area contributed by atoms with E-state index in [1.54, 1.807) is 0 Å². The lowest BCUT2D eigenvalue weighted by molar-refractivity contribution is 0.495. The lowest BCUT2D eigenvalue weighted by Crippen LogP contribution is -2.22. The first-order valence-corrected chi connectivity index (χ1v) is 7.33. The molecule has 0 radical (unpaired) electrons. The van der Waals surface area contributed by atoms with Gasteiger partial charge in [-0.1, -0.05) is 31.2 Å². The Kier molecular flexibility index (Phi) is 3.76. The third-order valence-electron chi connectivity index (χ3n) is 3.81. The minimum Gasteiger partial charge on any atom is -0.466 e. The van der Waals surface area contributed by atoms with Gasteiger partial charge in [-0.05, 0) is 37.4 Å². The predicted octanol–water partition coefficient (Wildman–Crippen LogP) is 4.14. The molecule has 2 aromatic heterocycles. The van der Waals surface area contributed by atoms with Crippen molar-refractivity contribution in [3.8, 4) is 0 Å². The van der Waals surface area contributed by atoms with E-state index in [1.807, 2.05) is 32.3 Å². The Balaban J connectivity index is 2.18. The molecule has 1 unspecified atom stereocenters. The van der Waals surface area contributed by atoms with Gasteiger partial charge in [-0.15, -0.1) is 0 Å². The number of hydrogen-bond acceptors (Lipinski definition) is 3. The molecular weight excluding hydrogens is 260 g/mol. The number of pyridine rings is 1. The Morgan fingerprint density at radius 2 is 1.95 bits per heavy atom. The minimum atomic E-state index is 0.103. The molecule has 0 saturated heterocycles. The predicted molar refractivity (Wildman–Crippen MR) is 85.4 cm³/mol. The van der Waals surface area contributed by atoms with Crippen molar-refractivity contribution in [1.29, 1.82) is 0 Å². The van der Waals surface area contributed by atoms with E-state index >= 15 is 0 Å². The molecule has 0 amide bonds. The van der Waals surface area contributed by atoms with Gasteiger partial charge in [0, 0.05) is 23.3 Å². The van der Waals surface area contributed by atoms with Gasteiger partial charge in [0.1, 0.15) is 11.5 Å². The van der Waals surface area contributed by atoms with Gasteiger partial charge in [-0.3, -0.25) is 4.98 Å². The molecule has 0 spiro atoms. The van der Waals surface area contributed by atoms with Crippen molar-refractivity contribution in [3.63, 3.8) is 0 Å². The second-order valence-electron chi connectivity index (χ2n) is 5.31. The number of aryl methyl sites for hydroxylation is 2. The van der Waals surface area contributed by atoms with Gasteiger partial charge in [0.2, 0.25) is 0 Å². The quantitative estimate of drug-likeness (QED) is 0.780. The number of fused-ring (bicyclic) bond motifs is 1. The molecule has 3 rings (SSSR count). The highest BCUT2D eigenvalue weighted by Gasteiger charge is 2.20. The number of nitrogens with one attached hydrogen (secondary N) is 1. The van der Waals surface area contributed by atoms with Crippen molar-refractivity contribution < 1.29 is 4.42 Å². The average molecular weight is 280 g/mol. The van der Waals surface area contributed by atoms with Crippen LogP contribution < -0.4 is 5.32 Å². The smallest absolute Gasteiger partial charge is 0.106 e. The van der Waals surface area contributed by atoms with E-state index in [0.29, 0.717) is 0 Å².